The molecule has 1 heterocycles. The standard InChI is InChI=1S/C13H18N2O6S/c1-4-8(2)10(12(16)17)15-22(19,20)9-6-5-7-14-11(9)13(18)21-3/h5-8,10,15H,4H2,1-3H3,(H,16,17)/t8-,10-/m0/s1. The lowest BCUT2D eigenvalue weighted by molar-refractivity contribution is -0.140. The average Bonchev–Trinajstić information content (AvgIpc) is 2.50. The minimum absolute atomic E-state index is 0.397. The largest absolute Gasteiger partial charge is 0.480 e. The number of aliphatic carboxylic acids is 1. The van der Waals surface area contributed by atoms with Crippen molar-refractivity contribution in [2.24, 2.45) is 5.92 Å². The molecule has 122 valence electrons. The van der Waals surface area contributed by atoms with Crippen LogP contribution in [0.3, 0.4) is 0 Å². The van der Waals surface area contributed by atoms with Crippen LogP contribution in [0.25, 0.3) is 0 Å². The van der Waals surface area contributed by atoms with Crippen molar-refractivity contribution < 1.29 is 27.9 Å². The van der Waals surface area contributed by atoms with Crippen LogP contribution in [-0.4, -0.2) is 43.6 Å². The topological polar surface area (TPSA) is 123 Å². The normalized spacial score (nSPS) is 14.1. The number of pyridine rings is 1. The fraction of sp³-hybridized carbons (Fsp3) is 0.462. The van der Waals surface area contributed by atoms with E-state index in [0.29, 0.717) is 6.42 Å². The molecule has 0 aliphatic heterocycles. The number of carbonyl (C=O) groups excluding carboxylic acids is 1. The Hall–Kier alpha value is -2.00. The van der Waals surface area contributed by atoms with Crippen LogP contribution in [0.2, 0.25) is 0 Å². The van der Waals surface area contributed by atoms with Gasteiger partial charge in [-0.2, -0.15) is 4.72 Å². The van der Waals surface area contributed by atoms with Crippen molar-refractivity contribution >= 4 is 22.0 Å². The van der Waals surface area contributed by atoms with Gasteiger partial charge in [0.2, 0.25) is 10.0 Å². The highest BCUT2D eigenvalue weighted by Gasteiger charge is 2.32. The predicted octanol–water partition coefficient (Wildman–Crippen LogP) is 0.646. The molecule has 0 aromatic carbocycles. The summed E-state index contributed by atoms with van der Waals surface area (Å²) in [6.45, 7) is 3.37. The summed E-state index contributed by atoms with van der Waals surface area (Å²) in [5, 5.41) is 9.18. The second-order valence-electron chi connectivity index (χ2n) is 4.66. The molecule has 0 fully saturated rings. The van der Waals surface area contributed by atoms with Crippen LogP contribution in [0, 0.1) is 5.92 Å². The van der Waals surface area contributed by atoms with E-state index in [2.05, 4.69) is 14.4 Å². The maximum Gasteiger partial charge on any atom is 0.358 e. The Morgan fingerprint density at radius 2 is 2.09 bits per heavy atom. The van der Waals surface area contributed by atoms with E-state index in [4.69, 9.17) is 0 Å². The molecule has 0 amide bonds. The van der Waals surface area contributed by atoms with Crippen molar-refractivity contribution in [1.82, 2.24) is 9.71 Å². The highest BCUT2D eigenvalue weighted by molar-refractivity contribution is 7.89. The van der Waals surface area contributed by atoms with Gasteiger partial charge in [0.1, 0.15) is 10.9 Å². The fourth-order valence-electron chi connectivity index (χ4n) is 1.73. The molecule has 0 saturated carbocycles. The van der Waals surface area contributed by atoms with Crippen molar-refractivity contribution in [3.63, 3.8) is 0 Å². The number of nitrogens with one attached hydrogen (secondary N) is 1. The number of carboxylic acid groups (broad SMARTS) is 1. The Morgan fingerprint density at radius 1 is 1.45 bits per heavy atom. The Kier molecular flexibility index (Phi) is 6.01. The molecule has 0 aliphatic rings. The van der Waals surface area contributed by atoms with Gasteiger partial charge < -0.3 is 9.84 Å². The van der Waals surface area contributed by atoms with Crippen LogP contribution in [0.5, 0.6) is 0 Å². The first-order valence-electron chi connectivity index (χ1n) is 6.53. The van der Waals surface area contributed by atoms with Gasteiger partial charge >= 0.3 is 11.9 Å². The zero-order valence-electron chi connectivity index (χ0n) is 12.4. The molecule has 2 N–H and O–H groups in total. The van der Waals surface area contributed by atoms with Crippen LogP contribution in [-0.2, 0) is 19.6 Å². The number of nitrogens with zero attached hydrogens (tertiary/aromatic N) is 1. The molecule has 1 rings (SSSR count). The molecule has 0 bridgehead atoms. The van der Waals surface area contributed by atoms with Gasteiger partial charge in [0, 0.05) is 6.20 Å². The third-order valence-corrected chi connectivity index (χ3v) is 4.67. The first-order chi connectivity index (χ1) is 10.2. The summed E-state index contributed by atoms with van der Waals surface area (Å²) in [5.74, 6) is -2.64. The molecular weight excluding hydrogens is 312 g/mol. The van der Waals surface area contributed by atoms with Gasteiger partial charge in [-0.1, -0.05) is 20.3 Å². The van der Waals surface area contributed by atoms with Gasteiger partial charge in [0.05, 0.1) is 7.11 Å². The highest BCUT2D eigenvalue weighted by atomic mass is 32.2. The molecule has 0 radical (unpaired) electrons. The summed E-state index contributed by atoms with van der Waals surface area (Å²) in [7, 11) is -3.14. The lowest BCUT2D eigenvalue weighted by Crippen LogP contribution is -2.45. The molecule has 8 nitrogen and oxygen atoms in total. The Morgan fingerprint density at radius 3 is 2.59 bits per heavy atom. The molecule has 1 aromatic heterocycles. The number of ether oxygens (including phenoxy) is 1. The molecule has 1 aromatic rings. The number of carbonyl (C=O) groups is 2. The van der Waals surface area contributed by atoms with E-state index in [0.717, 1.165) is 13.2 Å². The second-order valence-corrected chi connectivity index (χ2v) is 6.35. The van der Waals surface area contributed by atoms with E-state index in [1.807, 2.05) is 0 Å². The second kappa shape index (κ2) is 7.32. The summed E-state index contributed by atoms with van der Waals surface area (Å²) in [5.41, 5.74) is -0.397. The summed E-state index contributed by atoms with van der Waals surface area (Å²) < 4.78 is 31.4. The van der Waals surface area contributed by atoms with Crippen molar-refractivity contribution in [3.05, 3.63) is 24.0 Å². The first-order valence-corrected chi connectivity index (χ1v) is 8.01. The number of esters is 1. The van der Waals surface area contributed by atoms with Crippen molar-refractivity contribution in [3.8, 4) is 0 Å². The molecule has 22 heavy (non-hydrogen) atoms. The van der Waals surface area contributed by atoms with Crippen LogP contribution >= 0.6 is 0 Å². The average molecular weight is 330 g/mol. The summed E-state index contributed by atoms with van der Waals surface area (Å²) in [6.07, 6.45) is 1.71. The smallest absolute Gasteiger partial charge is 0.358 e. The maximum atomic E-state index is 12.4. The summed E-state index contributed by atoms with van der Waals surface area (Å²) >= 11 is 0. The highest BCUT2D eigenvalue weighted by Crippen LogP contribution is 2.17. The Labute approximate surface area is 128 Å². The molecule has 0 aliphatic carbocycles. The first kappa shape index (κ1) is 18.1. The van der Waals surface area contributed by atoms with Crippen LogP contribution < -0.4 is 4.72 Å². The maximum absolute atomic E-state index is 12.4. The van der Waals surface area contributed by atoms with Gasteiger partial charge in [-0.25, -0.2) is 18.2 Å². The predicted molar refractivity (Wildman–Crippen MR) is 76.8 cm³/mol. The monoisotopic (exact) mass is 330 g/mol. The fourth-order valence-corrected chi connectivity index (χ4v) is 3.18. The molecular formula is C13H18N2O6S. The van der Waals surface area contributed by atoms with E-state index in [1.54, 1.807) is 13.8 Å². The lowest BCUT2D eigenvalue weighted by Gasteiger charge is -2.20. The number of rotatable bonds is 7. The van der Waals surface area contributed by atoms with Gasteiger partial charge in [-0.05, 0) is 18.1 Å². The quantitative estimate of drug-likeness (QED) is 0.703. The number of aromatic nitrogens is 1. The van der Waals surface area contributed by atoms with E-state index in [9.17, 15) is 23.1 Å². The summed E-state index contributed by atoms with van der Waals surface area (Å²) in [4.78, 5) is 26.1. The minimum Gasteiger partial charge on any atom is -0.480 e. The van der Waals surface area contributed by atoms with E-state index in [1.165, 1.54) is 12.3 Å². The molecule has 2 atom stereocenters. The van der Waals surface area contributed by atoms with Crippen LogP contribution in [0.4, 0.5) is 0 Å². The zero-order chi connectivity index (χ0) is 16.9. The van der Waals surface area contributed by atoms with Crippen molar-refractivity contribution in [2.75, 3.05) is 7.11 Å². The summed E-state index contributed by atoms with van der Waals surface area (Å²) in [6, 6.07) is 1.19. The number of hydrogen-bond acceptors (Lipinski definition) is 6. The molecule has 0 saturated heterocycles. The number of carboxylic acids is 1. The lowest BCUT2D eigenvalue weighted by atomic mass is 10.0. The molecule has 0 unspecified atom stereocenters. The van der Waals surface area contributed by atoms with Gasteiger partial charge in [-0.15, -0.1) is 0 Å². The number of methoxy groups -OCH3 is 1. The number of hydrogen-bond donors (Lipinski definition) is 2. The molecule has 9 heteroatoms. The Balaban J connectivity index is 3.25. The molecule has 0 spiro atoms. The zero-order valence-corrected chi connectivity index (χ0v) is 13.3. The van der Waals surface area contributed by atoms with Crippen molar-refractivity contribution in [1.29, 1.82) is 0 Å². The Bertz CT molecular complexity index is 658. The van der Waals surface area contributed by atoms with E-state index >= 15 is 0 Å². The van der Waals surface area contributed by atoms with E-state index < -0.39 is 44.5 Å². The van der Waals surface area contributed by atoms with Gasteiger partial charge in [0.15, 0.2) is 5.69 Å². The SMILES string of the molecule is CC[C@H](C)[C@H](NS(=O)(=O)c1cccnc1C(=O)OC)C(=O)O. The third kappa shape index (κ3) is 4.01. The third-order valence-electron chi connectivity index (χ3n) is 3.20. The van der Waals surface area contributed by atoms with Crippen molar-refractivity contribution in [2.45, 2.75) is 31.2 Å². The minimum atomic E-state index is -4.24. The van der Waals surface area contributed by atoms with Crippen LogP contribution in [0.1, 0.15) is 30.8 Å². The van der Waals surface area contributed by atoms with Crippen LogP contribution in [0.15, 0.2) is 23.2 Å². The van der Waals surface area contributed by atoms with Gasteiger partial charge in [0.25, 0.3) is 0 Å². The van der Waals surface area contributed by atoms with Gasteiger partial charge in [-0.3, -0.25) is 4.79 Å². The van der Waals surface area contributed by atoms with E-state index in [-0.39, 0.29) is 0 Å². The number of sulfonamides is 1.